The van der Waals surface area contributed by atoms with Crippen molar-refractivity contribution in [2.75, 3.05) is 5.32 Å². The highest BCUT2D eigenvalue weighted by molar-refractivity contribution is 5.95. The average molecular weight is 455 g/mol. The van der Waals surface area contributed by atoms with Gasteiger partial charge < -0.3 is 15.2 Å². The second-order valence-corrected chi connectivity index (χ2v) is 7.31. The Kier molecular flexibility index (Phi) is 5.95. The quantitative estimate of drug-likeness (QED) is 0.445. The minimum absolute atomic E-state index is 0.262. The monoisotopic (exact) mass is 455 g/mol. The van der Waals surface area contributed by atoms with Crippen molar-refractivity contribution in [3.05, 3.63) is 72.2 Å². The molecule has 1 amide bonds. The number of nitrogens with zero attached hydrogens (tertiary/aromatic N) is 5. The molecular formula is C22H20F3N7O. The Hall–Kier alpha value is -4.02. The van der Waals surface area contributed by atoms with Gasteiger partial charge in [-0.1, -0.05) is 0 Å². The van der Waals surface area contributed by atoms with Gasteiger partial charge in [-0.25, -0.2) is 15.0 Å². The lowest BCUT2D eigenvalue weighted by molar-refractivity contribution is -0.137. The summed E-state index contributed by atoms with van der Waals surface area (Å²) in [5.41, 5.74) is 2.03. The van der Waals surface area contributed by atoms with Crippen LogP contribution in [0.5, 0.6) is 0 Å². The molecule has 4 aromatic rings. The molecule has 1 atom stereocenters. The number of fused-ring (bicyclic) bond motifs is 1. The second-order valence-electron chi connectivity index (χ2n) is 7.31. The smallest absolute Gasteiger partial charge is 0.343 e. The molecule has 8 nitrogen and oxygen atoms in total. The summed E-state index contributed by atoms with van der Waals surface area (Å²) in [6, 6.07) is 5.85. The Balaban J connectivity index is 1.41. The number of halogens is 3. The highest BCUT2D eigenvalue weighted by atomic mass is 19.4. The van der Waals surface area contributed by atoms with Gasteiger partial charge in [-0.05, 0) is 44.2 Å². The van der Waals surface area contributed by atoms with Crippen LogP contribution in [0.4, 0.5) is 24.7 Å². The van der Waals surface area contributed by atoms with Crippen LogP contribution in [0.3, 0.4) is 0 Å². The van der Waals surface area contributed by atoms with E-state index in [1.54, 1.807) is 25.5 Å². The van der Waals surface area contributed by atoms with Crippen molar-refractivity contribution < 1.29 is 18.0 Å². The van der Waals surface area contributed by atoms with Gasteiger partial charge in [0.05, 0.1) is 47.7 Å². The Morgan fingerprint density at radius 3 is 2.45 bits per heavy atom. The first-order valence-electron chi connectivity index (χ1n) is 10.1. The van der Waals surface area contributed by atoms with Gasteiger partial charge in [-0.2, -0.15) is 13.2 Å². The number of anilines is 2. The molecule has 33 heavy (non-hydrogen) atoms. The molecule has 11 heteroatoms. The summed E-state index contributed by atoms with van der Waals surface area (Å²) in [6.45, 7) is 4.47. The fourth-order valence-electron chi connectivity index (χ4n) is 3.20. The summed E-state index contributed by atoms with van der Waals surface area (Å²) in [5, 5.41) is 5.73. The van der Waals surface area contributed by atoms with Gasteiger partial charge >= 0.3 is 6.18 Å². The van der Waals surface area contributed by atoms with Crippen molar-refractivity contribution in [2.24, 2.45) is 0 Å². The zero-order chi connectivity index (χ0) is 23.6. The van der Waals surface area contributed by atoms with Crippen LogP contribution in [-0.4, -0.2) is 30.4 Å². The van der Waals surface area contributed by atoms with Crippen LogP contribution < -0.4 is 10.6 Å². The number of rotatable bonds is 6. The largest absolute Gasteiger partial charge is 0.416 e. The van der Waals surface area contributed by atoms with Crippen LogP contribution in [0.25, 0.3) is 11.0 Å². The van der Waals surface area contributed by atoms with Gasteiger partial charge in [0.2, 0.25) is 0 Å². The summed E-state index contributed by atoms with van der Waals surface area (Å²) in [6.07, 6.45) is 1.80. The molecule has 0 fully saturated rings. The highest BCUT2D eigenvalue weighted by Gasteiger charge is 2.29. The summed E-state index contributed by atoms with van der Waals surface area (Å²) in [5.74, 6) is -0.000935. The van der Waals surface area contributed by atoms with E-state index in [0.717, 1.165) is 24.2 Å². The molecule has 3 heterocycles. The molecule has 0 radical (unpaired) electrons. The van der Waals surface area contributed by atoms with Crippen molar-refractivity contribution in [3.8, 4) is 0 Å². The zero-order valence-electron chi connectivity index (χ0n) is 17.8. The predicted molar refractivity (Wildman–Crippen MR) is 116 cm³/mol. The second kappa shape index (κ2) is 8.85. The number of pyridine rings is 1. The maximum atomic E-state index is 12.7. The van der Waals surface area contributed by atoms with Crippen molar-refractivity contribution in [3.63, 3.8) is 0 Å². The molecule has 0 aliphatic heterocycles. The van der Waals surface area contributed by atoms with Gasteiger partial charge in [0, 0.05) is 12.2 Å². The molecular weight excluding hydrogens is 435 g/mol. The minimum atomic E-state index is -4.39. The molecule has 0 saturated carbocycles. The molecule has 0 aliphatic rings. The van der Waals surface area contributed by atoms with E-state index in [0.29, 0.717) is 22.7 Å². The highest BCUT2D eigenvalue weighted by Crippen LogP contribution is 2.30. The van der Waals surface area contributed by atoms with Crippen LogP contribution in [0.1, 0.15) is 41.6 Å². The lowest BCUT2D eigenvalue weighted by Crippen LogP contribution is -2.28. The molecule has 0 spiro atoms. The van der Waals surface area contributed by atoms with Crippen molar-refractivity contribution in [1.82, 2.24) is 29.8 Å². The first-order chi connectivity index (χ1) is 15.7. The van der Waals surface area contributed by atoms with Crippen LogP contribution in [0, 0.1) is 0 Å². The summed E-state index contributed by atoms with van der Waals surface area (Å²) < 4.78 is 39.9. The molecule has 0 bridgehead atoms. The Bertz CT molecular complexity index is 1270. The zero-order valence-corrected chi connectivity index (χ0v) is 17.8. The van der Waals surface area contributed by atoms with Crippen molar-refractivity contribution >= 4 is 28.4 Å². The Morgan fingerprint density at radius 2 is 1.82 bits per heavy atom. The van der Waals surface area contributed by atoms with Gasteiger partial charge in [0.1, 0.15) is 17.0 Å². The number of benzene rings is 1. The number of hydrogen-bond acceptors (Lipinski definition) is 6. The molecule has 170 valence electrons. The summed E-state index contributed by atoms with van der Waals surface area (Å²) in [4.78, 5) is 29.6. The fraction of sp³-hybridized carbons (Fsp3) is 0.227. The molecule has 4 rings (SSSR count). The third kappa shape index (κ3) is 4.92. The molecule has 0 aliphatic carbocycles. The van der Waals surface area contributed by atoms with Crippen molar-refractivity contribution in [2.45, 2.75) is 32.6 Å². The van der Waals surface area contributed by atoms with E-state index < -0.39 is 17.8 Å². The number of alkyl halides is 3. The molecule has 0 saturated heterocycles. The number of aromatic nitrogens is 5. The Labute approximate surface area is 186 Å². The predicted octanol–water partition coefficient (Wildman–Crippen LogP) is 4.49. The topological polar surface area (TPSA) is 97.6 Å². The van der Waals surface area contributed by atoms with E-state index in [2.05, 4.69) is 30.6 Å². The summed E-state index contributed by atoms with van der Waals surface area (Å²) in [7, 11) is 0. The number of carbonyl (C=O) groups is 1. The van der Waals surface area contributed by atoms with E-state index >= 15 is 0 Å². The number of aryl methyl sites for hydroxylation is 1. The van der Waals surface area contributed by atoms with Gasteiger partial charge in [0.15, 0.2) is 0 Å². The molecule has 1 aromatic carbocycles. The van der Waals surface area contributed by atoms with E-state index in [4.69, 9.17) is 0 Å². The number of nitrogens with one attached hydrogen (secondary N) is 2. The average Bonchev–Trinajstić information content (AvgIpc) is 3.21. The van der Waals surface area contributed by atoms with Gasteiger partial charge in [-0.3, -0.25) is 9.78 Å². The van der Waals surface area contributed by atoms with E-state index in [-0.39, 0.29) is 11.6 Å². The molecule has 2 N–H and O–H groups in total. The minimum Gasteiger partial charge on any atom is -0.343 e. The van der Waals surface area contributed by atoms with Crippen LogP contribution in [0.15, 0.2) is 55.2 Å². The number of imidazole rings is 1. The van der Waals surface area contributed by atoms with E-state index in [1.165, 1.54) is 24.5 Å². The fourth-order valence-corrected chi connectivity index (χ4v) is 3.20. The van der Waals surface area contributed by atoms with Crippen LogP contribution in [-0.2, 0) is 12.7 Å². The number of hydrogen-bond donors (Lipinski definition) is 2. The van der Waals surface area contributed by atoms with Crippen LogP contribution >= 0.6 is 0 Å². The maximum Gasteiger partial charge on any atom is 0.416 e. The first kappa shape index (κ1) is 22.2. The van der Waals surface area contributed by atoms with Crippen molar-refractivity contribution in [1.29, 1.82) is 0 Å². The summed E-state index contributed by atoms with van der Waals surface area (Å²) >= 11 is 0. The lowest BCUT2D eigenvalue weighted by Gasteiger charge is -2.14. The van der Waals surface area contributed by atoms with Gasteiger partial charge in [0.25, 0.3) is 5.91 Å². The number of amides is 1. The standard InChI is InChI=1S/C22H20F3N7O/c1-3-32-12-29-18-10-26-16(8-19(18)32)21(33)30-13(2)17-9-28-20(11-27-17)31-15-6-4-14(5-7-15)22(23,24)25/h4-13H,3H2,1-2H3,(H,28,31)(H,30,33). The maximum absolute atomic E-state index is 12.7. The Morgan fingerprint density at radius 1 is 1.06 bits per heavy atom. The molecule has 3 aromatic heterocycles. The number of carbonyl (C=O) groups excluding carboxylic acids is 1. The van der Waals surface area contributed by atoms with Crippen LogP contribution in [0.2, 0.25) is 0 Å². The van der Waals surface area contributed by atoms with Gasteiger partial charge in [-0.15, -0.1) is 0 Å². The van der Waals surface area contributed by atoms with E-state index in [9.17, 15) is 18.0 Å². The normalized spacial score (nSPS) is 12.5. The molecule has 1 unspecified atom stereocenters. The lowest BCUT2D eigenvalue weighted by atomic mass is 10.2. The third-order valence-electron chi connectivity index (χ3n) is 5.03. The first-order valence-corrected chi connectivity index (χ1v) is 10.1. The SMILES string of the molecule is CCn1cnc2cnc(C(=O)NC(C)c3cnc(Nc4ccc(C(F)(F)F)cc4)cn3)cc21. The third-order valence-corrected chi connectivity index (χ3v) is 5.03. The van der Waals surface area contributed by atoms with E-state index in [1.807, 2.05) is 11.5 Å².